The van der Waals surface area contributed by atoms with Gasteiger partial charge in [0.2, 0.25) is 0 Å². The lowest BCUT2D eigenvalue weighted by Crippen LogP contribution is -1.85. The highest BCUT2D eigenvalue weighted by atomic mass is 14.7. The van der Waals surface area contributed by atoms with Crippen LogP contribution in [0.2, 0.25) is 0 Å². The molecular weight excluding hydrogens is 182 g/mol. The monoisotopic (exact) mass is 203 g/mol. The normalized spacial score (nSPS) is 10.1. The van der Waals surface area contributed by atoms with E-state index < -0.39 is 0 Å². The van der Waals surface area contributed by atoms with Crippen molar-refractivity contribution in [2.45, 2.75) is 34.6 Å². The second-order valence-electron chi connectivity index (χ2n) is 3.10. The van der Waals surface area contributed by atoms with Crippen molar-refractivity contribution in [2.24, 2.45) is 4.99 Å². The molecule has 0 unspecified atom stereocenters. The highest BCUT2D eigenvalue weighted by Gasteiger charge is 1.95. The standard InChI is InChI=1S/C12H15N.C2H6/c1-4-12(13-10(2)3)11-8-6-5-7-9-11;1-2/h4-9H,1-3H3;1-2H3/b12-4-;. The van der Waals surface area contributed by atoms with Crippen LogP contribution in [0.15, 0.2) is 41.4 Å². The molecule has 1 heteroatoms. The Kier molecular flexibility index (Phi) is 7.25. The van der Waals surface area contributed by atoms with Crippen LogP contribution in [0, 0.1) is 0 Å². The minimum absolute atomic E-state index is 1.04. The van der Waals surface area contributed by atoms with Crippen LogP contribution in [-0.2, 0) is 0 Å². The van der Waals surface area contributed by atoms with Gasteiger partial charge in [-0.1, -0.05) is 50.3 Å². The van der Waals surface area contributed by atoms with Crippen molar-refractivity contribution >= 4 is 11.4 Å². The van der Waals surface area contributed by atoms with E-state index in [4.69, 9.17) is 0 Å². The molecule has 1 rings (SSSR count). The van der Waals surface area contributed by atoms with E-state index in [9.17, 15) is 0 Å². The van der Waals surface area contributed by atoms with Gasteiger partial charge >= 0.3 is 0 Å². The number of hydrogen-bond acceptors (Lipinski definition) is 1. The first-order valence-corrected chi connectivity index (χ1v) is 5.47. The minimum atomic E-state index is 1.04. The molecule has 0 aliphatic carbocycles. The molecular formula is C14H21N. The third kappa shape index (κ3) is 5.16. The van der Waals surface area contributed by atoms with Crippen molar-refractivity contribution in [3.05, 3.63) is 42.0 Å². The lowest BCUT2D eigenvalue weighted by molar-refractivity contribution is 1.45. The molecule has 0 bridgehead atoms. The second kappa shape index (κ2) is 7.98. The maximum absolute atomic E-state index is 4.44. The molecule has 0 atom stereocenters. The van der Waals surface area contributed by atoms with Crippen molar-refractivity contribution in [2.75, 3.05) is 0 Å². The van der Waals surface area contributed by atoms with E-state index >= 15 is 0 Å². The van der Waals surface area contributed by atoms with Gasteiger partial charge in [0.05, 0.1) is 5.70 Å². The van der Waals surface area contributed by atoms with Crippen molar-refractivity contribution < 1.29 is 0 Å². The van der Waals surface area contributed by atoms with Gasteiger partial charge in [-0.05, 0) is 26.3 Å². The zero-order valence-corrected chi connectivity index (χ0v) is 10.4. The van der Waals surface area contributed by atoms with Gasteiger partial charge < -0.3 is 0 Å². The zero-order valence-electron chi connectivity index (χ0n) is 10.4. The molecule has 0 amide bonds. The van der Waals surface area contributed by atoms with Crippen LogP contribution in [0.4, 0.5) is 0 Å². The fourth-order valence-electron chi connectivity index (χ4n) is 1.15. The maximum atomic E-state index is 4.44. The molecule has 1 aromatic carbocycles. The Labute approximate surface area is 93.6 Å². The lowest BCUT2D eigenvalue weighted by Gasteiger charge is -2.01. The van der Waals surface area contributed by atoms with Crippen LogP contribution in [0.3, 0.4) is 0 Å². The topological polar surface area (TPSA) is 12.4 Å². The summed E-state index contributed by atoms with van der Waals surface area (Å²) in [5, 5.41) is 0. The molecule has 82 valence electrons. The lowest BCUT2D eigenvalue weighted by atomic mass is 10.1. The van der Waals surface area contributed by atoms with Crippen molar-refractivity contribution in [3.8, 4) is 0 Å². The van der Waals surface area contributed by atoms with Crippen LogP contribution >= 0.6 is 0 Å². The predicted molar refractivity (Wildman–Crippen MR) is 70.2 cm³/mol. The van der Waals surface area contributed by atoms with Gasteiger partial charge in [0.1, 0.15) is 0 Å². The predicted octanol–water partition coefficient (Wildman–Crippen LogP) is 4.55. The van der Waals surface area contributed by atoms with Gasteiger partial charge in [0.25, 0.3) is 0 Å². The largest absolute Gasteiger partial charge is 0.258 e. The number of rotatable bonds is 2. The molecule has 0 heterocycles. The molecule has 0 aromatic heterocycles. The number of hydrogen-bond donors (Lipinski definition) is 0. The van der Waals surface area contributed by atoms with Crippen LogP contribution in [0.25, 0.3) is 5.70 Å². The zero-order chi connectivity index (χ0) is 11.7. The summed E-state index contributed by atoms with van der Waals surface area (Å²) < 4.78 is 0. The molecule has 0 aliphatic heterocycles. The van der Waals surface area contributed by atoms with E-state index in [1.165, 1.54) is 5.56 Å². The van der Waals surface area contributed by atoms with Crippen LogP contribution < -0.4 is 0 Å². The molecule has 15 heavy (non-hydrogen) atoms. The third-order valence-corrected chi connectivity index (χ3v) is 1.69. The molecule has 0 aliphatic rings. The Morgan fingerprint density at radius 3 is 2.00 bits per heavy atom. The SMILES string of the molecule is C/C=C(\N=C(C)C)c1ccccc1.CC. The molecule has 0 saturated carbocycles. The van der Waals surface area contributed by atoms with Gasteiger partial charge in [-0.2, -0.15) is 0 Å². The number of allylic oxidation sites excluding steroid dienone is 1. The van der Waals surface area contributed by atoms with Gasteiger partial charge in [-0.3, -0.25) is 4.99 Å². The Balaban J connectivity index is 0.000000921. The summed E-state index contributed by atoms with van der Waals surface area (Å²) in [5.41, 5.74) is 3.30. The molecule has 0 saturated heterocycles. The summed E-state index contributed by atoms with van der Waals surface area (Å²) in [4.78, 5) is 4.44. The summed E-state index contributed by atoms with van der Waals surface area (Å²) in [6.07, 6.45) is 2.03. The quantitative estimate of drug-likeness (QED) is 0.625. The average Bonchev–Trinajstić information content (AvgIpc) is 2.29. The summed E-state index contributed by atoms with van der Waals surface area (Å²) in [6, 6.07) is 10.2. The first-order valence-electron chi connectivity index (χ1n) is 5.47. The summed E-state index contributed by atoms with van der Waals surface area (Å²) in [7, 11) is 0. The van der Waals surface area contributed by atoms with Crippen LogP contribution in [0.5, 0.6) is 0 Å². The number of nitrogens with zero attached hydrogens (tertiary/aromatic N) is 1. The molecule has 0 fully saturated rings. The second-order valence-corrected chi connectivity index (χ2v) is 3.10. The van der Waals surface area contributed by atoms with E-state index in [2.05, 4.69) is 17.1 Å². The number of benzene rings is 1. The molecule has 0 N–H and O–H groups in total. The average molecular weight is 203 g/mol. The van der Waals surface area contributed by atoms with Crippen molar-refractivity contribution in [1.29, 1.82) is 0 Å². The highest BCUT2D eigenvalue weighted by Crippen LogP contribution is 2.15. The Bertz CT molecular complexity index is 316. The van der Waals surface area contributed by atoms with Gasteiger partial charge in [0, 0.05) is 5.71 Å². The Morgan fingerprint density at radius 2 is 1.60 bits per heavy atom. The number of aliphatic imine (C=N–C) groups is 1. The maximum Gasteiger partial charge on any atom is 0.0658 e. The highest BCUT2D eigenvalue weighted by molar-refractivity contribution is 5.85. The first kappa shape index (κ1) is 13.6. The van der Waals surface area contributed by atoms with Crippen molar-refractivity contribution in [1.82, 2.24) is 0 Å². The van der Waals surface area contributed by atoms with Gasteiger partial charge in [-0.25, -0.2) is 0 Å². The molecule has 0 spiro atoms. The smallest absolute Gasteiger partial charge is 0.0658 e. The van der Waals surface area contributed by atoms with Crippen LogP contribution in [-0.4, -0.2) is 5.71 Å². The van der Waals surface area contributed by atoms with E-state index in [0.717, 1.165) is 11.4 Å². The fourth-order valence-corrected chi connectivity index (χ4v) is 1.15. The Hall–Kier alpha value is -1.37. The van der Waals surface area contributed by atoms with Crippen LogP contribution in [0.1, 0.15) is 40.2 Å². The summed E-state index contributed by atoms with van der Waals surface area (Å²) in [6.45, 7) is 10.0. The fraction of sp³-hybridized carbons (Fsp3) is 0.357. The van der Waals surface area contributed by atoms with E-state index in [1.54, 1.807) is 0 Å². The van der Waals surface area contributed by atoms with E-state index in [-0.39, 0.29) is 0 Å². The van der Waals surface area contributed by atoms with E-state index in [1.807, 2.05) is 58.9 Å². The molecule has 1 aromatic rings. The van der Waals surface area contributed by atoms with Gasteiger partial charge in [0.15, 0.2) is 0 Å². The first-order chi connectivity index (χ1) is 7.24. The van der Waals surface area contributed by atoms with Crippen molar-refractivity contribution in [3.63, 3.8) is 0 Å². The van der Waals surface area contributed by atoms with E-state index in [0.29, 0.717) is 0 Å². The Morgan fingerprint density at radius 1 is 1.07 bits per heavy atom. The minimum Gasteiger partial charge on any atom is -0.258 e. The molecule has 0 radical (unpaired) electrons. The summed E-state index contributed by atoms with van der Waals surface area (Å²) >= 11 is 0. The third-order valence-electron chi connectivity index (χ3n) is 1.69. The summed E-state index contributed by atoms with van der Waals surface area (Å²) in [5.74, 6) is 0. The molecule has 1 nitrogen and oxygen atoms in total. The van der Waals surface area contributed by atoms with Gasteiger partial charge in [-0.15, -0.1) is 0 Å².